The third-order valence-electron chi connectivity index (χ3n) is 3.52. The molecule has 3 rings (SSSR count). The fraction of sp³-hybridized carbons (Fsp3) is 0.200. The first-order valence-electron chi connectivity index (χ1n) is 6.44. The number of nitrogens with zero attached hydrogens (tertiary/aromatic N) is 1. The van der Waals surface area contributed by atoms with Crippen molar-refractivity contribution in [2.75, 3.05) is 0 Å². The van der Waals surface area contributed by atoms with Crippen LogP contribution >= 0.6 is 22.9 Å². The van der Waals surface area contributed by atoms with Crippen LogP contribution in [0.15, 0.2) is 42.5 Å². The topological polar surface area (TPSA) is 49.4 Å². The smallest absolute Gasteiger partial charge is 0.319 e. The van der Waals surface area contributed by atoms with E-state index in [1.807, 2.05) is 30.3 Å². The van der Waals surface area contributed by atoms with E-state index in [0.29, 0.717) is 4.34 Å². The molecule has 108 valence electrons. The third kappa shape index (κ3) is 2.43. The van der Waals surface area contributed by atoms with E-state index in [9.17, 15) is 9.59 Å². The van der Waals surface area contributed by atoms with Crippen molar-refractivity contribution < 1.29 is 9.59 Å². The van der Waals surface area contributed by atoms with Gasteiger partial charge in [0, 0.05) is 4.88 Å². The molecule has 1 aromatic heterocycles. The van der Waals surface area contributed by atoms with Gasteiger partial charge in [-0.3, -0.25) is 9.69 Å². The van der Waals surface area contributed by atoms with Gasteiger partial charge in [0.2, 0.25) is 0 Å². The second-order valence-electron chi connectivity index (χ2n) is 5.04. The van der Waals surface area contributed by atoms with Gasteiger partial charge in [0.05, 0.1) is 10.9 Å². The predicted molar refractivity (Wildman–Crippen MR) is 82.2 cm³/mol. The molecule has 2 heterocycles. The van der Waals surface area contributed by atoms with E-state index >= 15 is 0 Å². The first-order valence-corrected chi connectivity index (χ1v) is 7.64. The molecule has 0 bridgehead atoms. The molecule has 1 N–H and O–H groups in total. The normalized spacial score (nSPS) is 21.7. The average molecular weight is 321 g/mol. The summed E-state index contributed by atoms with van der Waals surface area (Å²) in [5.74, 6) is -0.255. The Morgan fingerprint density at radius 3 is 2.52 bits per heavy atom. The van der Waals surface area contributed by atoms with Crippen molar-refractivity contribution in [3.63, 3.8) is 0 Å². The molecule has 4 nitrogen and oxygen atoms in total. The number of hydrogen-bond acceptors (Lipinski definition) is 3. The maximum atomic E-state index is 12.7. The zero-order valence-electron chi connectivity index (χ0n) is 11.3. The number of carbonyl (C=O) groups excluding carboxylic acids is 2. The fourth-order valence-corrected chi connectivity index (χ4v) is 3.49. The molecule has 1 saturated heterocycles. The summed E-state index contributed by atoms with van der Waals surface area (Å²) in [5, 5.41) is 2.77. The van der Waals surface area contributed by atoms with E-state index in [2.05, 4.69) is 5.32 Å². The van der Waals surface area contributed by atoms with Crippen LogP contribution in [0.1, 0.15) is 17.4 Å². The number of thiophene rings is 1. The second kappa shape index (κ2) is 5.16. The molecule has 2 aromatic rings. The first-order chi connectivity index (χ1) is 10.0. The van der Waals surface area contributed by atoms with Gasteiger partial charge < -0.3 is 5.32 Å². The van der Waals surface area contributed by atoms with E-state index in [-0.39, 0.29) is 18.5 Å². The molecule has 1 aliphatic heterocycles. The summed E-state index contributed by atoms with van der Waals surface area (Å²) < 4.78 is 0.592. The van der Waals surface area contributed by atoms with Crippen molar-refractivity contribution in [3.05, 3.63) is 57.2 Å². The molecule has 21 heavy (non-hydrogen) atoms. The quantitative estimate of drug-likeness (QED) is 0.881. The first kappa shape index (κ1) is 14.1. The van der Waals surface area contributed by atoms with Crippen molar-refractivity contribution in [2.45, 2.75) is 19.0 Å². The standard InChI is InChI=1S/C15H13ClN2O2S/c1-15(11-7-8-12(16)21-11)13(19)18(14(20)17-15)9-10-5-3-2-4-6-10/h2-8H,9H2,1H3,(H,17,20). The van der Waals surface area contributed by atoms with Crippen LogP contribution < -0.4 is 5.32 Å². The molecule has 0 saturated carbocycles. The number of hydrogen-bond donors (Lipinski definition) is 1. The minimum atomic E-state index is -1.04. The van der Waals surface area contributed by atoms with Crippen molar-refractivity contribution >= 4 is 34.9 Å². The van der Waals surface area contributed by atoms with Crippen LogP contribution in [-0.2, 0) is 16.9 Å². The number of rotatable bonds is 3. The lowest BCUT2D eigenvalue weighted by atomic mass is 10.0. The molecule has 1 unspecified atom stereocenters. The monoisotopic (exact) mass is 320 g/mol. The lowest BCUT2D eigenvalue weighted by Crippen LogP contribution is -2.40. The summed E-state index contributed by atoms with van der Waals surface area (Å²) in [6.07, 6.45) is 0. The highest BCUT2D eigenvalue weighted by Gasteiger charge is 2.49. The lowest BCUT2D eigenvalue weighted by molar-refractivity contribution is -0.131. The van der Waals surface area contributed by atoms with Crippen molar-refractivity contribution in [3.8, 4) is 0 Å². The Morgan fingerprint density at radius 1 is 1.19 bits per heavy atom. The maximum Gasteiger partial charge on any atom is 0.325 e. The summed E-state index contributed by atoms with van der Waals surface area (Å²) in [4.78, 5) is 26.8. The van der Waals surface area contributed by atoms with Gasteiger partial charge in [-0.15, -0.1) is 11.3 Å². The van der Waals surface area contributed by atoms with Gasteiger partial charge in [-0.05, 0) is 24.6 Å². The van der Waals surface area contributed by atoms with Crippen LogP contribution in [0.4, 0.5) is 4.79 Å². The SMILES string of the molecule is CC1(c2ccc(Cl)s2)NC(=O)N(Cc2ccccc2)C1=O. The molecular weight excluding hydrogens is 308 g/mol. The largest absolute Gasteiger partial charge is 0.325 e. The zero-order chi connectivity index (χ0) is 15.0. The predicted octanol–water partition coefficient (Wildman–Crippen LogP) is 3.37. The minimum absolute atomic E-state index is 0.255. The number of nitrogens with one attached hydrogen (secondary N) is 1. The summed E-state index contributed by atoms with van der Waals surface area (Å²) in [5.41, 5.74) is -0.126. The van der Waals surface area contributed by atoms with Crippen LogP contribution in [0.25, 0.3) is 0 Å². The highest BCUT2D eigenvalue weighted by Crippen LogP contribution is 2.35. The Bertz CT molecular complexity index is 701. The maximum absolute atomic E-state index is 12.7. The van der Waals surface area contributed by atoms with Gasteiger partial charge >= 0.3 is 6.03 Å². The third-order valence-corrected chi connectivity index (χ3v) is 4.98. The molecule has 1 aromatic carbocycles. The van der Waals surface area contributed by atoms with Gasteiger partial charge in [0.1, 0.15) is 0 Å². The summed E-state index contributed by atoms with van der Waals surface area (Å²) in [6, 6.07) is 12.6. The number of amides is 3. The van der Waals surface area contributed by atoms with Gasteiger partial charge in [-0.1, -0.05) is 41.9 Å². The van der Waals surface area contributed by atoms with Gasteiger partial charge in [-0.2, -0.15) is 0 Å². The van der Waals surface area contributed by atoms with Crippen molar-refractivity contribution in [1.29, 1.82) is 0 Å². The molecule has 0 radical (unpaired) electrons. The fourth-order valence-electron chi connectivity index (χ4n) is 2.36. The second-order valence-corrected chi connectivity index (χ2v) is 6.75. The Morgan fingerprint density at radius 2 is 1.90 bits per heavy atom. The number of carbonyl (C=O) groups is 2. The van der Waals surface area contributed by atoms with Crippen molar-refractivity contribution in [2.24, 2.45) is 0 Å². The molecule has 3 amide bonds. The van der Waals surface area contributed by atoms with Crippen LogP contribution in [-0.4, -0.2) is 16.8 Å². The number of halogens is 1. The summed E-state index contributed by atoms with van der Waals surface area (Å²) >= 11 is 7.23. The molecule has 0 spiro atoms. The minimum Gasteiger partial charge on any atom is -0.319 e. The Hall–Kier alpha value is -1.85. The van der Waals surface area contributed by atoms with Gasteiger partial charge in [0.25, 0.3) is 5.91 Å². The van der Waals surface area contributed by atoms with Crippen LogP contribution in [0, 0.1) is 0 Å². The van der Waals surface area contributed by atoms with Crippen LogP contribution in [0.5, 0.6) is 0 Å². The number of urea groups is 1. The van der Waals surface area contributed by atoms with E-state index in [1.165, 1.54) is 16.2 Å². The average Bonchev–Trinajstić information content (AvgIpc) is 2.99. The molecule has 1 atom stereocenters. The Balaban J connectivity index is 1.88. The lowest BCUT2D eigenvalue weighted by Gasteiger charge is -2.20. The molecule has 0 aliphatic carbocycles. The highest BCUT2D eigenvalue weighted by molar-refractivity contribution is 7.16. The van der Waals surface area contributed by atoms with E-state index < -0.39 is 5.54 Å². The van der Waals surface area contributed by atoms with E-state index in [1.54, 1.807) is 19.1 Å². The van der Waals surface area contributed by atoms with Crippen molar-refractivity contribution in [1.82, 2.24) is 10.2 Å². The van der Waals surface area contributed by atoms with E-state index in [4.69, 9.17) is 11.6 Å². The highest BCUT2D eigenvalue weighted by atomic mass is 35.5. The van der Waals surface area contributed by atoms with Gasteiger partial charge in [0.15, 0.2) is 5.54 Å². The molecular formula is C15H13ClN2O2S. The van der Waals surface area contributed by atoms with E-state index in [0.717, 1.165) is 10.4 Å². The van der Waals surface area contributed by atoms with Crippen LogP contribution in [0.3, 0.4) is 0 Å². The summed E-state index contributed by atoms with van der Waals surface area (Å²) in [7, 11) is 0. The Labute approximate surface area is 131 Å². The van der Waals surface area contributed by atoms with Crippen LogP contribution in [0.2, 0.25) is 4.34 Å². The number of benzene rings is 1. The molecule has 1 fully saturated rings. The number of imide groups is 1. The van der Waals surface area contributed by atoms with Gasteiger partial charge in [-0.25, -0.2) is 4.79 Å². The Kier molecular flexibility index (Phi) is 3.47. The molecule has 1 aliphatic rings. The summed E-state index contributed by atoms with van der Waals surface area (Å²) in [6.45, 7) is 1.97. The molecule has 6 heteroatoms. The zero-order valence-corrected chi connectivity index (χ0v) is 12.9.